The molecule has 3 aliphatic rings. The van der Waals surface area contributed by atoms with Crippen molar-refractivity contribution in [2.75, 3.05) is 42.8 Å². The predicted octanol–water partition coefficient (Wildman–Crippen LogP) is 2.48. The van der Waals surface area contributed by atoms with E-state index in [0.29, 0.717) is 61.3 Å². The number of ether oxygens (including phenoxy) is 2. The molecule has 0 unspecified atom stereocenters. The van der Waals surface area contributed by atoms with E-state index in [4.69, 9.17) is 9.47 Å². The highest BCUT2D eigenvalue weighted by atomic mass is 16.5. The summed E-state index contributed by atoms with van der Waals surface area (Å²) in [4.78, 5) is 49.7. The van der Waals surface area contributed by atoms with Gasteiger partial charge in [-0.15, -0.1) is 0 Å². The van der Waals surface area contributed by atoms with Gasteiger partial charge in [0.15, 0.2) is 6.29 Å². The van der Waals surface area contributed by atoms with Crippen molar-refractivity contribution in [2.45, 2.75) is 56.9 Å². The molecule has 1 saturated carbocycles. The van der Waals surface area contributed by atoms with Crippen molar-refractivity contribution in [3.05, 3.63) is 40.7 Å². The fourth-order valence-corrected chi connectivity index (χ4v) is 5.30. The second kappa shape index (κ2) is 11.3. The molecule has 2 aliphatic heterocycles. The maximum absolute atomic E-state index is 13.3. The van der Waals surface area contributed by atoms with Gasteiger partial charge in [0.1, 0.15) is 29.5 Å². The van der Waals surface area contributed by atoms with Gasteiger partial charge in [-0.1, -0.05) is 0 Å². The normalized spacial score (nSPS) is 22.1. The molecule has 1 aliphatic carbocycles. The highest BCUT2D eigenvalue weighted by Crippen LogP contribution is 2.31. The SMILES string of the molecule is CO[C@H]1CC[C@@H]1Nc1cc(NC(=O)N2CCCc3cc(CN4CC[C@@H](OC)C4=O)c(C=O)nc32)ncc1C#N. The van der Waals surface area contributed by atoms with Gasteiger partial charge < -0.3 is 19.7 Å². The molecule has 0 spiro atoms. The Morgan fingerprint density at radius 2 is 2.08 bits per heavy atom. The van der Waals surface area contributed by atoms with Crippen molar-refractivity contribution < 1.29 is 23.9 Å². The topological polar surface area (TPSA) is 150 Å². The molecule has 3 amide bonds. The first kappa shape index (κ1) is 26.5. The first-order valence-corrected chi connectivity index (χ1v) is 13.0. The van der Waals surface area contributed by atoms with E-state index in [1.54, 1.807) is 18.1 Å². The summed E-state index contributed by atoms with van der Waals surface area (Å²) in [6, 6.07) is 5.28. The van der Waals surface area contributed by atoms with Crippen LogP contribution in [0.4, 0.5) is 22.1 Å². The van der Waals surface area contributed by atoms with Crippen LogP contribution in [0.5, 0.6) is 0 Å². The van der Waals surface area contributed by atoms with Crippen molar-refractivity contribution in [2.24, 2.45) is 0 Å². The Balaban J connectivity index is 1.34. The third-order valence-corrected chi connectivity index (χ3v) is 7.64. The van der Waals surface area contributed by atoms with Crippen LogP contribution in [0.3, 0.4) is 0 Å². The Morgan fingerprint density at radius 1 is 1.23 bits per heavy atom. The van der Waals surface area contributed by atoms with Gasteiger partial charge in [0.05, 0.1) is 23.4 Å². The van der Waals surface area contributed by atoms with Crippen LogP contribution < -0.4 is 15.5 Å². The number of amides is 3. The summed E-state index contributed by atoms with van der Waals surface area (Å²) >= 11 is 0. The van der Waals surface area contributed by atoms with Gasteiger partial charge in [-0.05, 0) is 37.3 Å². The fourth-order valence-electron chi connectivity index (χ4n) is 5.30. The molecule has 2 aromatic heterocycles. The standard InChI is InChI=1S/C27H31N7O5/c1-38-22-6-5-19(22)30-20-11-24(29-13-18(20)12-28)32-27(37)34-8-3-4-16-10-17(21(15-35)31-25(16)34)14-33-9-7-23(39-2)26(33)36/h10-11,13,15,19,22-23H,3-9,14H2,1-2H3,(H2,29,30,32,37)/t19-,22-,23+/m0/s1. The number of rotatable bonds is 8. The quantitative estimate of drug-likeness (QED) is 0.488. The molecule has 204 valence electrons. The average Bonchev–Trinajstić information content (AvgIpc) is 3.29. The van der Waals surface area contributed by atoms with Gasteiger partial charge in [-0.25, -0.2) is 14.8 Å². The van der Waals surface area contributed by atoms with Crippen LogP contribution in [0.1, 0.15) is 52.9 Å². The van der Waals surface area contributed by atoms with Gasteiger partial charge >= 0.3 is 6.03 Å². The number of aldehydes is 1. The van der Waals surface area contributed by atoms with E-state index >= 15 is 0 Å². The average molecular weight is 534 g/mol. The lowest BCUT2D eigenvalue weighted by Crippen LogP contribution is -2.44. The molecule has 12 heteroatoms. The monoisotopic (exact) mass is 533 g/mol. The summed E-state index contributed by atoms with van der Waals surface area (Å²) in [7, 11) is 3.17. The Kier molecular flexibility index (Phi) is 7.72. The maximum Gasteiger partial charge on any atom is 0.328 e. The minimum Gasteiger partial charge on any atom is -0.379 e. The molecule has 12 nitrogen and oxygen atoms in total. The predicted molar refractivity (Wildman–Crippen MR) is 142 cm³/mol. The van der Waals surface area contributed by atoms with Gasteiger partial charge in [0.2, 0.25) is 0 Å². The number of urea groups is 1. The zero-order valence-corrected chi connectivity index (χ0v) is 22.0. The minimum absolute atomic E-state index is 0.0700. The van der Waals surface area contributed by atoms with Gasteiger partial charge in [0, 0.05) is 58.1 Å². The summed E-state index contributed by atoms with van der Waals surface area (Å²) in [5, 5.41) is 15.6. The minimum atomic E-state index is -0.462. The number of carbonyl (C=O) groups is 3. The first-order valence-electron chi connectivity index (χ1n) is 13.0. The number of fused-ring (bicyclic) bond motifs is 1. The van der Waals surface area contributed by atoms with Crippen LogP contribution in [0.15, 0.2) is 18.3 Å². The molecular formula is C27H31N7O5. The molecule has 1 saturated heterocycles. The van der Waals surface area contributed by atoms with Crippen molar-refractivity contribution in [3.63, 3.8) is 0 Å². The Hall–Kier alpha value is -4.08. The number of pyridine rings is 2. The number of nitriles is 1. The number of hydrogen-bond donors (Lipinski definition) is 2. The van der Waals surface area contributed by atoms with E-state index in [0.717, 1.165) is 18.4 Å². The van der Waals surface area contributed by atoms with E-state index in [9.17, 15) is 19.6 Å². The van der Waals surface area contributed by atoms with Crippen molar-refractivity contribution in [3.8, 4) is 6.07 Å². The van der Waals surface area contributed by atoms with Crippen molar-refractivity contribution in [1.29, 1.82) is 5.26 Å². The highest BCUT2D eigenvalue weighted by Gasteiger charge is 2.33. The Labute approximate surface area is 226 Å². The van der Waals surface area contributed by atoms with Crippen LogP contribution >= 0.6 is 0 Å². The smallest absolute Gasteiger partial charge is 0.328 e. The third kappa shape index (κ3) is 5.28. The molecule has 2 N–H and O–H groups in total. The van der Waals surface area contributed by atoms with Crippen LogP contribution in [-0.4, -0.2) is 78.7 Å². The van der Waals surface area contributed by atoms with E-state index in [-0.39, 0.29) is 36.1 Å². The van der Waals surface area contributed by atoms with Gasteiger partial charge in [-0.2, -0.15) is 5.26 Å². The van der Waals surface area contributed by atoms with Gasteiger partial charge in [-0.3, -0.25) is 19.8 Å². The lowest BCUT2D eigenvalue weighted by Gasteiger charge is -2.36. The lowest BCUT2D eigenvalue weighted by molar-refractivity contribution is -0.136. The van der Waals surface area contributed by atoms with Crippen LogP contribution in [0.25, 0.3) is 0 Å². The van der Waals surface area contributed by atoms with E-state index in [1.807, 2.05) is 6.07 Å². The summed E-state index contributed by atoms with van der Waals surface area (Å²) in [5.74, 6) is 0.595. The van der Waals surface area contributed by atoms with Crippen molar-refractivity contribution >= 4 is 35.5 Å². The zero-order valence-electron chi connectivity index (χ0n) is 22.0. The molecule has 0 aromatic carbocycles. The fraction of sp³-hybridized carbons (Fsp3) is 0.481. The van der Waals surface area contributed by atoms with Crippen molar-refractivity contribution in [1.82, 2.24) is 14.9 Å². The van der Waals surface area contributed by atoms with E-state index < -0.39 is 12.1 Å². The summed E-state index contributed by atoms with van der Waals surface area (Å²) < 4.78 is 10.7. The number of aryl methyl sites for hydroxylation is 1. The highest BCUT2D eigenvalue weighted by molar-refractivity contribution is 6.02. The second-order valence-corrected chi connectivity index (χ2v) is 9.92. The van der Waals surface area contributed by atoms with Crippen LogP contribution in [0.2, 0.25) is 0 Å². The third-order valence-electron chi connectivity index (χ3n) is 7.64. The molecular weight excluding hydrogens is 502 g/mol. The number of methoxy groups -OCH3 is 2. The molecule has 39 heavy (non-hydrogen) atoms. The lowest BCUT2D eigenvalue weighted by atomic mass is 9.88. The number of nitrogens with one attached hydrogen (secondary N) is 2. The molecule has 4 heterocycles. The Bertz CT molecular complexity index is 1320. The van der Waals surface area contributed by atoms with E-state index in [1.165, 1.54) is 18.2 Å². The number of anilines is 3. The second-order valence-electron chi connectivity index (χ2n) is 9.92. The molecule has 2 fully saturated rings. The van der Waals surface area contributed by atoms with Crippen LogP contribution in [0, 0.1) is 11.3 Å². The summed E-state index contributed by atoms with van der Waals surface area (Å²) in [6.07, 6.45) is 5.56. The zero-order chi connectivity index (χ0) is 27.5. The molecule has 0 bridgehead atoms. The first-order chi connectivity index (χ1) is 18.9. The molecule has 5 rings (SSSR count). The summed E-state index contributed by atoms with van der Waals surface area (Å²) in [5.41, 5.74) is 2.62. The number of hydrogen-bond acceptors (Lipinski definition) is 9. The number of aromatic nitrogens is 2. The van der Waals surface area contributed by atoms with Gasteiger partial charge in [0.25, 0.3) is 5.91 Å². The molecule has 0 radical (unpaired) electrons. The summed E-state index contributed by atoms with van der Waals surface area (Å²) in [6.45, 7) is 1.22. The Morgan fingerprint density at radius 3 is 2.74 bits per heavy atom. The molecule has 2 aromatic rings. The maximum atomic E-state index is 13.3. The van der Waals surface area contributed by atoms with E-state index in [2.05, 4.69) is 26.7 Å². The van der Waals surface area contributed by atoms with Crippen LogP contribution in [-0.2, 0) is 27.2 Å². The number of nitrogens with zero attached hydrogens (tertiary/aromatic N) is 5. The number of carbonyl (C=O) groups excluding carboxylic acids is 3. The largest absolute Gasteiger partial charge is 0.379 e. The number of likely N-dealkylation sites (tertiary alicyclic amines) is 1. The molecule has 3 atom stereocenters.